The number of carbonyl (C=O) groups is 4. The lowest BCUT2D eigenvalue weighted by Crippen LogP contribution is -3.10. The first-order valence-electron chi connectivity index (χ1n) is 22.6. The first-order chi connectivity index (χ1) is 26.2. The number of aliphatic carboxylic acids is 1. The number of hydroxylamine groups is 2. The molecule has 10 heteroatoms. The van der Waals surface area contributed by atoms with Crippen molar-refractivity contribution in [3.8, 4) is 0 Å². The van der Waals surface area contributed by atoms with Crippen molar-refractivity contribution < 1.29 is 38.8 Å². The van der Waals surface area contributed by atoms with Gasteiger partial charge in [-0.3, -0.25) is 19.2 Å². The average molecular weight is 769 g/mol. The third-order valence-corrected chi connectivity index (χ3v) is 10.4. The third-order valence-electron chi connectivity index (χ3n) is 10.4. The Hall–Kier alpha value is -2.20. The van der Waals surface area contributed by atoms with Gasteiger partial charge in [0.2, 0.25) is 0 Å². The number of carbonyl (C=O) groups excluding carboxylic acids is 3. The number of hydrogen-bond acceptors (Lipinski definition) is 7. The highest BCUT2D eigenvalue weighted by Gasteiger charge is 2.27. The molecule has 3 atom stereocenters. The predicted octanol–water partition coefficient (Wildman–Crippen LogP) is 9.94. The quantitative estimate of drug-likeness (QED) is 0.0317. The molecule has 0 aliphatic carbocycles. The smallest absolute Gasteiger partial charge is 0.309 e. The van der Waals surface area contributed by atoms with Crippen molar-refractivity contribution in [2.45, 2.75) is 238 Å². The molecule has 0 aromatic heterocycles. The molecule has 0 aromatic carbocycles. The molecule has 0 heterocycles. The molecular formula is C44H84N2O8. The Bertz CT molecular complexity index is 900. The maximum atomic E-state index is 12.7. The minimum absolute atomic E-state index is 0.181. The van der Waals surface area contributed by atoms with Crippen molar-refractivity contribution in [2.24, 2.45) is 0 Å². The van der Waals surface area contributed by atoms with Crippen molar-refractivity contribution in [3.63, 3.8) is 0 Å². The topological polar surface area (TPSA) is 146 Å². The Morgan fingerprint density at radius 3 is 1.22 bits per heavy atom. The van der Waals surface area contributed by atoms with E-state index in [1.807, 2.05) is 0 Å². The molecule has 0 rings (SSSR count). The van der Waals surface area contributed by atoms with Crippen molar-refractivity contribution in [3.05, 3.63) is 5.21 Å². The van der Waals surface area contributed by atoms with E-state index in [2.05, 4.69) is 19.2 Å². The van der Waals surface area contributed by atoms with Gasteiger partial charge in [0.15, 0.2) is 12.1 Å². The van der Waals surface area contributed by atoms with E-state index in [9.17, 15) is 24.4 Å². The van der Waals surface area contributed by atoms with Crippen LogP contribution in [0.25, 0.3) is 0 Å². The molecule has 0 radical (unpaired) electrons. The summed E-state index contributed by atoms with van der Waals surface area (Å²) in [5.74, 6) is -2.83. The number of quaternary nitrogens is 1. The molecule has 0 fully saturated rings. The molecule has 0 aliphatic heterocycles. The summed E-state index contributed by atoms with van der Waals surface area (Å²) in [5.41, 5.74) is 0. The van der Waals surface area contributed by atoms with Gasteiger partial charge in [-0.25, -0.2) is 0 Å². The van der Waals surface area contributed by atoms with Gasteiger partial charge >= 0.3 is 17.9 Å². The number of likely N-dealkylation sites (N-methyl/N-ethyl adjacent to an activating group) is 1. The van der Waals surface area contributed by atoms with E-state index in [1.165, 1.54) is 155 Å². The van der Waals surface area contributed by atoms with E-state index < -0.39 is 41.5 Å². The molecule has 54 heavy (non-hydrogen) atoms. The number of nitrogens with one attached hydrogen (secondary N) is 2. The Labute approximate surface area is 330 Å². The molecule has 3 unspecified atom stereocenters. The molecular weight excluding hydrogens is 684 g/mol. The van der Waals surface area contributed by atoms with Gasteiger partial charge in [-0.05, 0) is 12.8 Å². The summed E-state index contributed by atoms with van der Waals surface area (Å²) >= 11 is 0. The fourth-order valence-corrected chi connectivity index (χ4v) is 6.85. The SMILES string of the molecule is CCCCCCCCCCCCCCCCCC(=O)OCC(CNC(=O)C(CC(=O)O)[NH+](C)[O-])OC(=O)CCCCCCCCCCCCCCCCC. The van der Waals surface area contributed by atoms with Crippen molar-refractivity contribution in [1.82, 2.24) is 5.32 Å². The summed E-state index contributed by atoms with van der Waals surface area (Å²) in [6, 6.07) is -1.34. The van der Waals surface area contributed by atoms with E-state index in [0.717, 1.165) is 38.5 Å². The standard InChI is InChI=1S/C44H84N2O8/c1-4-6-8-10-12-14-16-18-20-22-24-26-28-30-32-34-42(49)53-38-39(37-45-44(51)40(46(3)52)36-41(47)48)54-43(50)35-33-31-29-27-25-23-21-19-17-15-13-11-9-7-5-2/h39-40,46H,4-38H2,1-3H3,(H,45,51)(H,47,48). The van der Waals surface area contributed by atoms with Gasteiger partial charge in [-0.2, -0.15) is 0 Å². The van der Waals surface area contributed by atoms with E-state index >= 15 is 0 Å². The zero-order valence-electron chi connectivity index (χ0n) is 35.2. The summed E-state index contributed by atoms with van der Waals surface area (Å²) in [6.07, 6.45) is 36.0. The van der Waals surface area contributed by atoms with Crippen LogP contribution in [0.4, 0.5) is 0 Å². The van der Waals surface area contributed by atoms with Crippen LogP contribution in [0, 0.1) is 5.21 Å². The Balaban J connectivity index is 4.34. The number of amides is 1. The Morgan fingerprint density at radius 2 is 0.889 bits per heavy atom. The number of ether oxygens (including phenoxy) is 2. The number of carboxylic acids is 1. The maximum Gasteiger partial charge on any atom is 0.309 e. The van der Waals surface area contributed by atoms with Crippen LogP contribution in [0.5, 0.6) is 0 Å². The number of esters is 2. The van der Waals surface area contributed by atoms with Gasteiger partial charge in [0, 0.05) is 12.8 Å². The molecule has 3 N–H and O–H groups in total. The molecule has 1 amide bonds. The fraction of sp³-hybridized carbons (Fsp3) is 0.909. The minimum atomic E-state index is -1.34. The summed E-state index contributed by atoms with van der Waals surface area (Å²) < 4.78 is 11.0. The van der Waals surface area contributed by atoms with Crippen molar-refractivity contribution >= 4 is 23.8 Å². The zero-order chi connectivity index (χ0) is 39.9. The normalized spacial score (nSPS) is 13.0. The summed E-state index contributed by atoms with van der Waals surface area (Å²) in [6.45, 7) is 4.11. The second-order valence-electron chi connectivity index (χ2n) is 15.7. The number of carboxylic acid groups (broad SMARTS) is 1. The predicted molar refractivity (Wildman–Crippen MR) is 219 cm³/mol. The minimum Gasteiger partial charge on any atom is -0.634 e. The van der Waals surface area contributed by atoms with E-state index in [-0.39, 0.29) is 32.0 Å². The van der Waals surface area contributed by atoms with Crippen LogP contribution in [0.3, 0.4) is 0 Å². The maximum absolute atomic E-state index is 12.7. The van der Waals surface area contributed by atoms with Gasteiger partial charge in [0.25, 0.3) is 5.91 Å². The first kappa shape index (κ1) is 51.8. The fourth-order valence-electron chi connectivity index (χ4n) is 6.85. The molecule has 0 aromatic rings. The molecule has 10 nitrogen and oxygen atoms in total. The van der Waals surface area contributed by atoms with Gasteiger partial charge < -0.3 is 30.2 Å². The van der Waals surface area contributed by atoms with Crippen LogP contribution in [0.15, 0.2) is 0 Å². The van der Waals surface area contributed by atoms with Crippen LogP contribution in [-0.2, 0) is 28.7 Å². The summed E-state index contributed by atoms with van der Waals surface area (Å²) in [4.78, 5) is 48.9. The lowest BCUT2D eigenvalue weighted by Gasteiger charge is -2.26. The van der Waals surface area contributed by atoms with Crippen LogP contribution < -0.4 is 10.4 Å². The largest absolute Gasteiger partial charge is 0.634 e. The molecule has 0 aliphatic rings. The van der Waals surface area contributed by atoms with Gasteiger partial charge in [-0.1, -0.05) is 194 Å². The van der Waals surface area contributed by atoms with Crippen LogP contribution >= 0.6 is 0 Å². The lowest BCUT2D eigenvalue weighted by molar-refractivity contribution is -0.843. The molecule has 318 valence electrons. The Kier molecular flexibility index (Phi) is 37.5. The van der Waals surface area contributed by atoms with Gasteiger partial charge in [-0.15, -0.1) is 0 Å². The first-order valence-corrected chi connectivity index (χ1v) is 22.6. The highest BCUT2D eigenvalue weighted by atomic mass is 16.6. The second-order valence-corrected chi connectivity index (χ2v) is 15.7. The Morgan fingerprint density at radius 1 is 0.556 bits per heavy atom. The third kappa shape index (κ3) is 35.5. The zero-order valence-corrected chi connectivity index (χ0v) is 35.2. The number of rotatable bonds is 41. The highest BCUT2D eigenvalue weighted by molar-refractivity contribution is 5.84. The van der Waals surface area contributed by atoms with Crippen molar-refractivity contribution in [2.75, 3.05) is 20.2 Å². The van der Waals surface area contributed by atoms with E-state index in [4.69, 9.17) is 14.6 Å². The van der Waals surface area contributed by atoms with Crippen LogP contribution in [0.2, 0.25) is 0 Å². The van der Waals surface area contributed by atoms with E-state index in [0.29, 0.717) is 6.42 Å². The number of hydrogen-bond donors (Lipinski definition) is 3. The summed E-state index contributed by atoms with van der Waals surface area (Å²) in [5, 5.41) is 22.9. The monoisotopic (exact) mass is 769 g/mol. The molecule has 0 saturated carbocycles. The summed E-state index contributed by atoms with van der Waals surface area (Å²) in [7, 11) is 1.17. The second kappa shape index (κ2) is 39.1. The highest BCUT2D eigenvalue weighted by Crippen LogP contribution is 2.16. The van der Waals surface area contributed by atoms with Gasteiger partial charge in [0.05, 0.1) is 13.6 Å². The molecule has 0 spiro atoms. The van der Waals surface area contributed by atoms with Crippen LogP contribution in [-0.4, -0.2) is 61.3 Å². The van der Waals surface area contributed by atoms with E-state index in [1.54, 1.807) is 0 Å². The van der Waals surface area contributed by atoms with Crippen molar-refractivity contribution in [1.29, 1.82) is 0 Å². The molecule has 0 bridgehead atoms. The molecule has 0 saturated heterocycles. The van der Waals surface area contributed by atoms with Gasteiger partial charge in [0.1, 0.15) is 13.0 Å². The van der Waals surface area contributed by atoms with Crippen LogP contribution in [0.1, 0.15) is 226 Å². The lowest BCUT2D eigenvalue weighted by atomic mass is 10.0. The average Bonchev–Trinajstić information content (AvgIpc) is 3.14. The number of unbranched alkanes of at least 4 members (excludes halogenated alkanes) is 28.